The molecule has 1 saturated heterocycles. The van der Waals surface area contributed by atoms with Gasteiger partial charge in [-0.2, -0.15) is 0 Å². The van der Waals surface area contributed by atoms with E-state index in [1.54, 1.807) is 12.1 Å². The molecule has 0 unspecified atom stereocenters. The van der Waals surface area contributed by atoms with Crippen LogP contribution in [0, 0.1) is 0 Å². The fraction of sp³-hybridized carbons (Fsp3) is 0.333. The molecule has 0 spiro atoms. The molecule has 23 heavy (non-hydrogen) atoms. The molecule has 0 radical (unpaired) electrons. The molecule has 1 aromatic carbocycles. The van der Waals surface area contributed by atoms with Gasteiger partial charge in [0, 0.05) is 0 Å². The zero-order chi connectivity index (χ0) is 16.6. The molecule has 2 atom stereocenters. The minimum Gasteiger partial charge on any atom is -0.467 e. The van der Waals surface area contributed by atoms with Crippen molar-refractivity contribution in [3.05, 3.63) is 35.4 Å². The molecule has 0 saturated carbocycles. The van der Waals surface area contributed by atoms with Gasteiger partial charge in [-0.3, -0.25) is 9.59 Å². The number of imide groups is 1. The van der Waals surface area contributed by atoms with E-state index in [0.29, 0.717) is 11.5 Å². The number of rotatable bonds is 3. The van der Waals surface area contributed by atoms with Gasteiger partial charge in [-0.1, -0.05) is 17.2 Å². The third-order valence-corrected chi connectivity index (χ3v) is 3.68. The predicted molar refractivity (Wildman–Crippen MR) is 72.9 cm³/mol. The number of hydrogen-bond donors (Lipinski definition) is 0. The van der Waals surface area contributed by atoms with Crippen molar-refractivity contribution < 1.29 is 33.5 Å². The minimum atomic E-state index is -1.02. The topological polar surface area (TPSA) is 99.2 Å². The molecule has 1 fully saturated rings. The van der Waals surface area contributed by atoms with Crippen LogP contribution in [-0.2, 0) is 23.9 Å². The van der Waals surface area contributed by atoms with Crippen LogP contribution in [0.25, 0.3) is 0 Å². The summed E-state index contributed by atoms with van der Waals surface area (Å²) in [6.07, 6.45) is -1.33. The fourth-order valence-electron chi connectivity index (χ4n) is 2.51. The first kappa shape index (κ1) is 15.2. The molecule has 3 rings (SSSR count). The lowest BCUT2D eigenvalue weighted by Crippen LogP contribution is -2.37. The van der Waals surface area contributed by atoms with Gasteiger partial charge in [-0.15, -0.1) is 0 Å². The molecule has 120 valence electrons. The SMILES string of the molecule is COC(=O)[C@@H]1CC[C@H](C(=O)ON2C(=O)c3ccccc3C2=O)O1. The van der Waals surface area contributed by atoms with Gasteiger partial charge in [0.1, 0.15) is 0 Å². The number of amides is 2. The summed E-state index contributed by atoms with van der Waals surface area (Å²) in [5.74, 6) is -2.89. The predicted octanol–water partition coefficient (Wildman–Crippen LogP) is 0.461. The first-order valence-corrected chi connectivity index (χ1v) is 6.96. The third-order valence-electron chi connectivity index (χ3n) is 3.68. The molecule has 0 aromatic heterocycles. The first-order chi connectivity index (χ1) is 11.0. The highest BCUT2D eigenvalue weighted by atomic mass is 16.7. The Morgan fingerprint density at radius 2 is 1.57 bits per heavy atom. The van der Waals surface area contributed by atoms with Gasteiger partial charge in [0.15, 0.2) is 12.2 Å². The number of benzene rings is 1. The van der Waals surface area contributed by atoms with E-state index in [-0.39, 0.29) is 17.5 Å². The summed E-state index contributed by atoms with van der Waals surface area (Å²) < 4.78 is 9.77. The maximum atomic E-state index is 12.1. The van der Waals surface area contributed by atoms with Crippen molar-refractivity contribution in [2.45, 2.75) is 25.0 Å². The van der Waals surface area contributed by atoms with E-state index < -0.39 is 36.0 Å². The maximum absolute atomic E-state index is 12.1. The summed E-state index contributed by atoms with van der Waals surface area (Å²) in [7, 11) is 1.22. The lowest BCUT2D eigenvalue weighted by molar-refractivity contribution is -0.182. The van der Waals surface area contributed by atoms with Gasteiger partial charge in [0.2, 0.25) is 0 Å². The summed E-state index contributed by atoms with van der Waals surface area (Å²) in [4.78, 5) is 52.5. The Morgan fingerprint density at radius 1 is 1.04 bits per heavy atom. The Hall–Kier alpha value is -2.74. The number of hydrogen-bond acceptors (Lipinski definition) is 7. The summed E-state index contributed by atoms with van der Waals surface area (Å²) in [5, 5.41) is 0.418. The number of esters is 1. The summed E-state index contributed by atoms with van der Waals surface area (Å²) in [6, 6.07) is 6.16. The standard InChI is InChI=1S/C15H13NO7/c1-21-14(19)10-6-7-11(22-10)15(20)23-16-12(17)8-4-2-3-5-9(8)13(16)18/h2-5,10-11H,6-7H2,1H3/t10-,11+/m0/s1. The van der Waals surface area contributed by atoms with Gasteiger partial charge >= 0.3 is 11.9 Å². The average molecular weight is 319 g/mol. The van der Waals surface area contributed by atoms with Crippen molar-refractivity contribution >= 4 is 23.8 Å². The van der Waals surface area contributed by atoms with Crippen molar-refractivity contribution in [3.63, 3.8) is 0 Å². The largest absolute Gasteiger partial charge is 0.467 e. The highest BCUT2D eigenvalue weighted by molar-refractivity contribution is 6.20. The van der Waals surface area contributed by atoms with Crippen LogP contribution in [0.3, 0.4) is 0 Å². The fourth-order valence-corrected chi connectivity index (χ4v) is 2.51. The second-order valence-electron chi connectivity index (χ2n) is 5.07. The van der Waals surface area contributed by atoms with E-state index in [4.69, 9.17) is 9.57 Å². The second-order valence-corrected chi connectivity index (χ2v) is 5.07. The van der Waals surface area contributed by atoms with Crippen LogP contribution < -0.4 is 0 Å². The lowest BCUT2D eigenvalue weighted by atomic mass is 10.1. The molecule has 2 aliphatic heterocycles. The van der Waals surface area contributed by atoms with Crippen LogP contribution in [0.1, 0.15) is 33.6 Å². The van der Waals surface area contributed by atoms with Crippen LogP contribution in [-0.4, -0.2) is 48.1 Å². The number of fused-ring (bicyclic) bond motifs is 1. The molecule has 8 nitrogen and oxygen atoms in total. The normalized spacial score (nSPS) is 22.9. The summed E-state index contributed by atoms with van der Waals surface area (Å²) >= 11 is 0. The summed E-state index contributed by atoms with van der Waals surface area (Å²) in [5.41, 5.74) is 0.343. The van der Waals surface area contributed by atoms with Crippen molar-refractivity contribution in [1.29, 1.82) is 0 Å². The van der Waals surface area contributed by atoms with E-state index in [2.05, 4.69) is 4.74 Å². The quantitative estimate of drug-likeness (QED) is 0.589. The van der Waals surface area contributed by atoms with Crippen molar-refractivity contribution in [3.8, 4) is 0 Å². The highest BCUT2D eigenvalue weighted by Crippen LogP contribution is 2.26. The number of carbonyl (C=O) groups excluding carboxylic acids is 4. The van der Waals surface area contributed by atoms with Crippen molar-refractivity contribution in [2.24, 2.45) is 0 Å². The molecule has 2 amide bonds. The average Bonchev–Trinajstić information content (AvgIpc) is 3.15. The second kappa shape index (κ2) is 5.81. The Balaban J connectivity index is 1.67. The Morgan fingerprint density at radius 3 is 2.09 bits per heavy atom. The van der Waals surface area contributed by atoms with E-state index >= 15 is 0 Å². The van der Waals surface area contributed by atoms with Crippen LogP contribution in [0.2, 0.25) is 0 Å². The van der Waals surface area contributed by atoms with Gasteiger partial charge in [0.05, 0.1) is 18.2 Å². The van der Waals surface area contributed by atoms with Crippen molar-refractivity contribution in [1.82, 2.24) is 5.06 Å². The third kappa shape index (κ3) is 2.57. The summed E-state index contributed by atoms with van der Waals surface area (Å²) in [6.45, 7) is 0. The van der Waals surface area contributed by atoms with Gasteiger partial charge < -0.3 is 14.3 Å². The molecule has 1 aromatic rings. The smallest absolute Gasteiger partial charge is 0.361 e. The number of nitrogens with zero attached hydrogens (tertiary/aromatic N) is 1. The first-order valence-electron chi connectivity index (χ1n) is 6.96. The molecule has 0 N–H and O–H groups in total. The molecular formula is C15H13NO7. The van der Waals surface area contributed by atoms with E-state index in [1.807, 2.05) is 0 Å². The lowest BCUT2D eigenvalue weighted by Gasteiger charge is -2.16. The zero-order valence-corrected chi connectivity index (χ0v) is 12.2. The van der Waals surface area contributed by atoms with Gasteiger partial charge in [-0.05, 0) is 25.0 Å². The molecule has 0 bridgehead atoms. The van der Waals surface area contributed by atoms with Gasteiger partial charge in [-0.25, -0.2) is 9.59 Å². The van der Waals surface area contributed by atoms with Crippen LogP contribution in [0.4, 0.5) is 0 Å². The molecule has 8 heteroatoms. The Bertz CT molecular complexity index is 664. The van der Waals surface area contributed by atoms with Gasteiger partial charge in [0.25, 0.3) is 11.8 Å². The van der Waals surface area contributed by atoms with Crippen LogP contribution in [0.15, 0.2) is 24.3 Å². The number of carbonyl (C=O) groups is 4. The molecule has 0 aliphatic carbocycles. The van der Waals surface area contributed by atoms with Crippen LogP contribution in [0.5, 0.6) is 0 Å². The van der Waals surface area contributed by atoms with E-state index in [1.165, 1.54) is 19.2 Å². The monoisotopic (exact) mass is 319 g/mol. The highest BCUT2D eigenvalue weighted by Gasteiger charge is 2.42. The number of ether oxygens (including phenoxy) is 2. The molecule has 2 aliphatic rings. The molecular weight excluding hydrogens is 306 g/mol. The van der Waals surface area contributed by atoms with E-state index in [9.17, 15) is 19.2 Å². The minimum absolute atomic E-state index is 0.171. The number of methoxy groups -OCH3 is 1. The van der Waals surface area contributed by atoms with E-state index in [0.717, 1.165) is 0 Å². The number of hydroxylamine groups is 2. The Kier molecular flexibility index (Phi) is 3.83. The maximum Gasteiger partial charge on any atom is 0.361 e. The Labute approximate surface area is 130 Å². The van der Waals surface area contributed by atoms with Crippen LogP contribution >= 0.6 is 0 Å². The van der Waals surface area contributed by atoms with Crippen molar-refractivity contribution in [2.75, 3.05) is 7.11 Å². The zero-order valence-electron chi connectivity index (χ0n) is 12.2. The molecule has 2 heterocycles.